The third-order valence-electron chi connectivity index (χ3n) is 3.81. The molecule has 1 aromatic heterocycles. The minimum atomic E-state index is -0.0320. The molecule has 140 valence electrons. The SMILES string of the molecule is O=C(CSc1nncs1)NC[C@H]1CN(Cc2ccc(Cl)c(Cl)c2)CCO1. The number of hydrogen-bond donors (Lipinski definition) is 1. The predicted molar refractivity (Wildman–Crippen MR) is 105 cm³/mol. The molecule has 1 aliphatic rings. The maximum atomic E-state index is 12.0. The third kappa shape index (κ3) is 6.07. The van der Waals surface area contributed by atoms with Crippen LogP contribution in [0.25, 0.3) is 0 Å². The van der Waals surface area contributed by atoms with Gasteiger partial charge in [0.25, 0.3) is 0 Å². The molecule has 2 aromatic rings. The van der Waals surface area contributed by atoms with Crippen molar-refractivity contribution in [2.75, 3.05) is 32.0 Å². The molecule has 0 saturated carbocycles. The van der Waals surface area contributed by atoms with E-state index in [1.54, 1.807) is 5.51 Å². The Labute approximate surface area is 170 Å². The van der Waals surface area contributed by atoms with Crippen LogP contribution in [0.15, 0.2) is 28.0 Å². The molecular formula is C16H18Cl2N4O2S2. The fourth-order valence-corrected chi connectivity index (χ4v) is 4.21. The van der Waals surface area contributed by atoms with Gasteiger partial charge in [0.1, 0.15) is 5.51 Å². The molecule has 0 radical (unpaired) electrons. The van der Waals surface area contributed by atoms with Gasteiger partial charge in [-0.05, 0) is 17.7 Å². The highest BCUT2D eigenvalue weighted by Gasteiger charge is 2.21. The van der Waals surface area contributed by atoms with Gasteiger partial charge in [-0.25, -0.2) is 0 Å². The van der Waals surface area contributed by atoms with Crippen LogP contribution in [0.1, 0.15) is 5.56 Å². The van der Waals surface area contributed by atoms with Crippen LogP contribution in [0, 0.1) is 0 Å². The summed E-state index contributed by atoms with van der Waals surface area (Å²) in [5.74, 6) is 0.296. The standard InChI is InChI=1S/C16H18Cl2N4O2S2/c17-13-2-1-11(5-14(13)18)7-22-3-4-24-12(8-22)6-19-15(23)9-25-16-21-20-10-26-16/h1-2,5,10,12H,3-4,6-9H2,(H,19,23)/t12-/m0/s1. The first-order chi connectivity index (χ1) is 12.6. The zero-order chi connectivity index (χ0) is 18.4. The third-order valence-corrected chi connectivity index (χ3v) is 6.41. The lowest BCUT2D eigenvalue weighted by molar-refractivity contribution is -0.119. The Morgan fingerprint density at radius 3 is 3.08 bits per heavy atom. The summed E-state index contributed by atoms with van der Waals surface area (Å²) in [6.07, 6.45) is -0.0259. The summed E-state index contributed by atoms with van der Waals surface area (Å²) in [5.41, 5.74) is 2.76. The summed E-state index contributed by atoms with van der Waals surface area (Å²) < 4.78 is 6.55. The topological polar surface area (TPSA) is 67.4 Å². The number of halogens is 2. The Balaban J connectivity index is 1.41. The molecule has 1 N–H and O–H groups in total. The number of hydrogen-bond acceptors (Lipinski definition) is 7. The van der Waals surface area contributed by atoms with E-state index in [0.29, 0.717) is 28.9 Å². The molecule has 1 aromatic carbocycles. The smallest absolute Gasteiger partial charge is 0.230 e. The quantitative estimate of drug-likeness (QED) is 0.678. The van der Waals surface area contributed by atoms with Gasteiger partial charge in [0, 0.05) is 26.2 Å². The zero-order valence-corrected chi connectivity index (χ0v) is 17.0. The Kier molecular flexibility index (Phi) is 7.53. The van der Waals surface area contributed by atoms with E-state index >= 15 is 0 Å². The van der Waals surface area contributed by atoms with E-state index < -0.39 is 0 Å². The summed E-state index contributed by atoms with van der Waals surface area (Å²) >= 11 is 14.9. The number of morpholine rings is 1. The molecule has 2 heterocycles. The van der Waals surface area contributed by atoms with Crippen molar-refractivity contribution in [2.24, 2.45) is 0 Å². The van der Waals surface area contributed by atoms with E-state index in [1.165, 1.54) is 23.1 Å². The first-order valence-corrected chi connectivity index (χ1v) is 10.7. The molecule has 1 fully saturated rings. The Morgan fingerprint density at radius 2 is 2.31 bits per heavy atom. The molecule has 1 aliphatic heterocycles. The molecule has 3 rings (SSSR count). The van der Waals surface area contributed by atoms with E-state index in [1.807, 2.05) is 18.2 Å². The minimum absolute atomic E-state index is 0.0259. The van der Waals surface area contributed by atoms with Crippen molar-refractivity contribution in [3.8, 4) is 0 Å². The Bertz CT molecular complexity index is 733. The van der Waals surface area contributed by atoms with Gasteiger partial charge in [0.2, 0.25) is 5.91 Å². The van der Waals surface area contributed by atoms with Crippen LogP contribution < -0.4 is 5.32 Å². The van der Waals surface area contributed by atoms with Crippen molar-refractivity contribution in [1.29, 1.82) is 0 Å². The van der Waals surface area contributed by atoms with E-state index in [4.69, 9.17) is 27.9 Å². The van der Waals surface area contributed by atoms with Crippen LogP contribution in [0.5, 0.6) is 0 Å². The van der Waals surface area contributed by atoms with E-state index in [0.717, 1.165) is 29.5 Å². The van der Waals surface area contributed by atoms with Gasteiger partial charge >= 0.3 is 0 Å². The van der Waals surface area contributed by atoms with Gasteiger partial charge in [0.15, 0.2) is 4.34 Å². The molecule has 26 heavy (non-hydrogen) atoms. The van der Waals surface area contributed by atoms with Gasteiger partial charge in [-0.2, -0.15) is 0 Å². The van der Waals surface area contributed by atoms with Gasteiger partial charge in [-0.1, -0.05) is 52.4 Å². The summed E-state index contributed by atoms with van der Waals surface area (Å²) in [7, 11) is 0. The van der Waals surface area contributed by atoms with Gasteiger partial charge < -0.3 is 10.1 Å². The number of thioether (sulfide) groups is 1. The van der Waals surface area contributed by atoms with Crippen LogP contribution in [-0.2, 0) is 16.1 Å². The molecule has 0 bridgehead atoms. The summed E-state index contributed by atoms with van der Waals surface area (Å²) in [6, 6.07) is 5.68. The number of carbonyl (C=O) groups is 1. The predicted octanol–water partition coefficient (Wildman–Crippen LogP) is 2.95. The second kappa shape index (κ2) is 9.87. The normalized spacial score (nSPS) is 18.0. The number of carbonyl (C=O) groups excluding carboxylic acids is 1. The van der Waals surface area contributed by atoms with Crippen molar-refractivity contribution in [3.05, 3.63) is 39.3 Å². The summed E-state index contributed by atoms with van der Waals surface area (Å²) in [6.45, 7) is 3.51. The number of benzene rings is 1. The molecule has 1 amide bonds. The average Bonchev–Trinajstić information content (AvgIpc) is 3.15. The number of rotatable bonds is 7. The number of aromatic nitrogens is 2. The van der Waals surface area contributed by atoms with Crippen molar-refractivity contribution < 1.29 is 9.53 Å². The first kappa shape index (κ1) is 19.9. The number of ether oxygens (including phenoxy) is 1. The maximum absolute atomic E-state index is 12.0. The van der Waals surface area contributed by atoms with E-state index in [9.17, 15) is 4.79 Å². The molecule has 10 heteroatoms. The summed E-state index contributed by atoms with van der Waals surface area (Å²) in [5, 5.41) is 11.7. The molecule has 1 atom stereocenters. The molecule has 0 unspecified atom stereocenters. The highest BCUT2D eigenvalue weighted by atomic mass is 35.5. The number of amides is 1. The highest BCUT2D eigenvalue weighted by Crippen LogP contribution is 2.23. The summed E-state index contributed by atoms with van der Waals surface area (Å²) in [4.78, 5) is 14.2. The van der Waals surface area contributed by atoms with Crippen LogP contribution in [-0.4, -0.2) is 59.1 Å². The molecule has 1 saturated heterocycles. The first-order valence-electron chi connectivity index (χ1n) is 8.03. The number of nitrogens with one attached hydrogen (secondary N) is 1. The second-order valence-corrected chi connectivity index (χ2v) is 8.64. The largest absolute Gasteiger partial charge is 0.374 e. The van der Waals surface area contributed by atoms with Crippen molar-refractivity contribution in [2.45, 2.75) is 17.0 Å². The van der Waals surface area contributed by atoms with Crippen LogP contribution in [0.3, 0.4) is 0 Å². The van der Waals surface area contributed by atoms with Gasteiger partial charge in [-0.15, -0.1) is 10.2 Å². The van der Waals surface area contributed by atoms with Crippen LogP contribution in [0.2, 0.25) is 10.0 Å². The van der Waals surface area contributed by atoms with E-state index in [2.05, 4.69) is 20.4 Å². The Hall–Kier alpha value is -0.900. The molecular weight excluding hydrogens is 415 g/mol. The van der Waals surface area contributed by atoms with Crippen LogP contribution in [0.4, 0.5) is 0 Å². The highest BCUT2D eigenvalue weighted by molar-refractivity contribution is 8.01. The number of nitrogens with zero attached hydrogens (tertiary/aromatic N) is 3. The Morgan fingerprint density at radius 1 is 1.42 bits per heavy atom. The maximum Gasteiger partial charge on any atom is 0.230 e. The lowest BCUT2D eigenvalue weighted by atomic mass is 10.2. The van der Waals surface area contributed by atoms with Crippen LogP contribution >= 0.6 is 46.3 Å². The molecule has 0 spiro atoms. The zero-order valence-electron chi connectivity index (χ0n) is 13.9. The molecule has 0 aliphatic carbocycles. The lowest BCUT2D eigenvalue weighted by Gasteiger charge is -2.33. The lowest BCUT2D eigenvalue weighted by Crippen LogP contribution is -2.47. The fourth-order valence-electron chi connectivity index (χ4n) is 2.58. The van der Waals surface area contributed by atoms with Gasteiger partial charge in [-0.3, -0.25) is 9.69 Å². The van der Waals surface area contributed by atoms with Crippen molar-refractivity contribution in [1.82, 2.24) is 20.4 Å². The van der Waals surface area contributed by atoms with Crippen molar-refractivity contribution >= 4 is 52.2 Å². The monoisotopic (exact) mass is 432 g/mol. The average molecular weight is 433 g/mol. The molecule has 6 nitrogen and oxygen atoms in total. The van der Waals surface area contributed by atoms with Crippen molar-refractivity contribution in [3.63, 3.8) is 0 Å². The van der Waals surface area contributed by atoms with E-state index in [-0.39, 0.29) is 12.0 Å². The van der Waals surface area contributed by atoms with Gasteiger partial charge in [0.05, 0.1) is 28.5 Å². The fraction of sp³-hybridized carbons (Fsp3) is 0.438. The second-order valence-electron chi connectivity index (χ2n) is 5.77. The minimum Gasteiger partial charge on any atom is -0.374 e.